The number of thiazole rings is 1. The van der Waals surface area contributed by atoms with Crippen LogP contribution in [0.1, 0.15) is 31.2 Å². The number of aromatic nitrogens is 1. The van der Waals surface area contributed by atoms with Gasteiger partial charge in [-0.05, 0) is 26.0 Å². The van der Waals surface area contributed by atoms with Gasteiger partial charge in [-0.25, -0.2) is 9.79 Å². The molecule has 33 heavy (non-hydrogen) atoms. The van der Waals surface area contributed by atoms with E-state index in [1.165, 1.54) is 15.9 Å². The van der Waals surface area contributed by atoms with E-state index in [1.807, 2.05) is 43.3 Å². The molecule has 3 heterocycles. The molecule has 0 saturated carbocycles. The van der Waals surface area contributed by atoms with E-state index in [0.717, 1.165) is 0 Å². The minimum atomic E-state index is -0.729. The second-order valence-corrected chi connectivity index (χ2v) is 8.62. The van der Waals surface area contributed by atoms with Crippen molar-refractivity contribution in [3.05, 3.63) is 78.7 Å². The van der Waals surface area contributed by atoms with Crippen LogP contribution in [0, 0.1) is 0 Å². The van der Waals surface area contributed by atoms with Crippen LogP contribution in [0.4, 0.5) is 5.88 Å². The lowest BCUT2D eigenvalue weighted by molar-refractivity contribution is -0.139. The average Bonchev–Trinajstić information content (AvgIpc) is 3.38. The van der Waals surface area contributed by atoms with Gasteiger partial charge in [0.1, 0.15) is 17.6 Å². The molecule has 0 bridgehead atoms. The molecule has 0 saturated heterocycles. The number of hydrogen-bond acceptors (Lipinski definition) is 8. The Bertz CT molecular complexity index is 1410. The van der Waals surface area contributed by atoms with Crippen LogP contribution < -0.4 is 24.5 Å². The van der Waals surface area contributed by atoms with Crippen LogP contribution in [0.25, 0.3) is 6.08 Å². The van der Waals surface area contributed by atoms with Gasteiger partial charge < -0.3 is 18.8 Å². The Morgan fingerprint density at radius 1 is 1.27 bits per heavy atom. The number of hydrogen-bond donors (Lipinski definition) is 0. The summed E-state index contributed by atoms with van der Waals surface area (Å²) in [5.41, 5.74) is 1.22. The van der Waals surface area contributed by atoms with Gasteiger partial charge in [-0.2, -0.15) is 0 Å². The van der Waals surface area contributed by atoms with E-state index in [-0.39, 0.29) is 12.2 Å². The number of rotatable bonds is 6. The van der Waals surface area contributed by atoms with Crippen molar-refractivity contribution in [2.45, 2.75) is 19.9 Å². The topological polar surface area (TPSA) is 86.3 Å². The quantitative estimate of drug-likeness (QED) is 0.518. The minimum absolute atomic E-state index is 0.214. The first-order valence-electron chi connectivity index (χ1n) is 10.5. The largest absolute Gasteiger partial charge is 0.496 e. The molecule has 172 valence electrons. The van der Waals surface area contributed by atoms with Crippen LogP contribution in [0.2, 0.25) is 0 Å². The van der Waals surface area contributed by atoms with E-state index >= 15 is 0 Å². The number of furan rings is 1. The predicted octanol–water partition coefficient (Wildman–Crippen LogP) is 2.47. The van der Waals surface area contributed by atoms with Gasteiger partial charge in [0.2, 0.25) is 0 Å². The normalized spacial score (nSPS) is 15.8. The lowest BCUT2D eigenvalue weighted by Crippen LogP contribution is -2.40. The summed E-state index contributed by atoms with van der Waals surface area (Å²) >= 11 is 1.24. The van der Waals surface area contributed by atoms with Gasteiger partial charge in [-0.15, -0.1) is 0 Å². The number of carbonyl (C=O) groups excluding carboxylic acids is 1. The zero-order chi connectivity index (χ0) is 23.7. The maximum atomic E-state index is 13.6. The first-order valence-corrected chi connectivity index (χ1v) is 11.3. The lowest BCUT2D eigenvalue weighted by Gasteiger charge is -2.25. The van der Waals surface area contributed by atoms with Crippen molar-refractivity contribution in [2.75, 3.05) is 32.7 Å². The number of anilines is 1. The average molecular weight is 468 g/mol. The van der Waals surface area contributed by atoms with Crippen molar-refractivity contribution in [1.29, 1.82) is 0 Å². The Morgan fingerprint density at radius 3 is 2.70 bits per heavy atom. The fraction of sp³-hybridized carbons (Fsp3) is 0.292. The summed E-state index contributed by atoms with van der Waals surface area (Å²) in [7, 11) is 5.31. The highest BCUT2D eigenvalue weighted by atomic mass is 32.1. The van der Waals surface area contributed by atoms with Crippen LogP contribution >= 0.6 is 11.3 Å². The molecule has 1 unspecified atom stereocenters. The summed E-state index contributed by atoms with van der Waals surface area (Å²) < 4.78 is 18.7. The Kier molecular flexibility index (Phi) is 6.24. The van der Waals surface area contributed by atoms with Gasteiger partial charge in [0.25, 0.3) is 5.56 Å². The van der Waals surface area contributed by atoms with E-state index in [0.29, 0.717) is 43.6 Å². The highest BCUT2D eigenvalue weighted by Gasteiger charge is 2.34. The van der Waals surface area contributed by atoms with Crippen molar-refractivity contribution in [3.63, 3.8) is 0 Å². The summed E-state index contributed by atoms with van der Waals surface area (Å²) in [6.07, 6.45) is 1.69. The smallest absolute Gasteiger partial charge is 0.338 e. The molecule has 2 aromatic heterocycles. The SMILES string of the molecule is CCOC(=O)C1=C(C)N=c2sc(=Cc3ccc(N(C)C)o3)c(=O)n2C1c1ccccc1OC. The summed E-state index contributed by atoms with van der Waals surface area (Å²) in [6.45, 7) is 3.71. The molecule has 1 atom stereocenters. The van der Waals surface area contributed by atoms with E-state index in [9.17, 15) is 9.59 Å². The number of nitrogens with zero attached hydrogens (tertiary/aromatic N) is 3. The molecular formula is C24H25N3O5S. The molecule has 9 heteroatoms. The first-order chi connectivity index (χ1) is 15.8. The van der Waals surface area contributed by atoms with Crippen molar-refractivity contribution < 1.29 is 18.7 Å². The maximum Gasteiger partial charge on any atom is 0.338 e. The third kappa shape index (κ3) is 4.11. The lowest BCUT2D eigenvalue weighted by atomic mass is 9.95. The van der Waals surface area contributed by atoms with Crippen LogP contribution in [-0.2, 0) is 9.53 Å². The number of esters is 1. The highest BCUT2D eigenvalue weighted by Crippen LogP contribution is 2.35. The standard InChI is InChI=1S/C24H25N3O5S/c1-6-31-23(29)20-14(2)25-24-27(21(20)16-9-7-8-10-17(16)30-5)22(28)18(33-24)13-15-11-12-19(32-15)26(3)4/h7-13,21H,6H2,1-5H3. The molecule has 0 amide bonds. The Morgan fingerprint density at radius 2 is 2.03 bits per heavy atom. The molecule has 0 aliphatic carbocycles. The highest BCUT2D eigenvalue weighted by molar-refractivity contribution is 7.07. The Labute approximate surface area is 194 Å². The summed E-state index contributed by atoms with van der Waals surface area (Å²) in [5, 5.41) is 0. The van der Waals surface area contributed by atoms with Crippen molar-refractivity contribution >= 4 is 29.3 Å². The molecule has 4 rings (SSSR count). The number of para-hydroxylation sites is 1. The third-order valence-electron chi connectivity index (χ3n) is 5.28. The maximum absolute atomic E-state index is 13.6. The third-order valence-corrected chi connectivity index (χ3v) is 6.26. The number of fused-ring (bicyclic) bond motifs is 1. The zero-order valence-electron chi connectivity index (χ0n) is 19.1. The second-order valence-electron chi connectivity index (χ2n) is 7.61. The Hall–Kier alpha value is -3.59. The Balaban J connectivity index is 1.96. The molecule has 1 aliphatic rings. The molecular weight excluding hydrogens is 442 g/mol. The van der Waals surface area contributed by atoms with Crippen molar-refractivity contribution in [3.8, 4) is 5.75 Å². The molecule has 3 aromatic rings. The fourth-order valence-electron chi connectivity index (χ4n) is 3.77. The van der Waals surface area contributed by atoms with E-state index in [4.69, 9.17) is 13.9 Å². The minimum Gasteiger partial charge on any atom is -0.496 e. The number of allylic oxidation sites excluding steroid dienone is 1. The van der Waals surface area contributed by atoms with Gasteiger partial charge in [-0.1, -0.05) is 29.5 Å². The predicted molar refractivity (Wildman–Crippen MR) is 126 cm³/mol. The monoisotopic (exact) mass is 467 g/mol. The van der Waals surface area contributed by atoms with E-state index in [2.05, 4.69) is 4.99 Å². The van der Waals surface area contributed by atoms with Gasteiger partial charge >= 0.3 is 5.97 Å². The molecule has 0 radical (unpaired) electrons. The molecule has 1 aromatic carbocycles. The summed E-state index contributed by atoms with van der Waals surface area (Å²) in [5.74, 6) is 1.29. The summed E-state index contributed by atoms with van der Waals surface area (Å²) in [6, 6.07) is 10.2. The molecule has 1 aliphatic heterocycles. The van der Waals surface area contributed by atoms with Crippen LogP contribution in [0.15, 0.2) is 61.9 Å². The van der Waals surface area contributed by atoms with Crippen LogP contribution in [0.5, 0.6) is 5.75 Å². The van der Waals surface area contributed by atoms with Gasteiger partial charge in [0, 0.05) is 31.8 Å². The second kappa shape index (κ2) is 9.11. The zero-order valence-corrected chi connectivity index (χ0v) is 19.9. The summed E-state index contributed by atoms with van der Waals surface area (Å²) in [4.78, 5) is 33.5. The molecule has 0 N–H and O–H groups in total. The van der Waals surface area contributed by atoms with Crippen molar-refractivity contribution in [1.82, 2.24) is 4.57 Å². The number of ether oxygens (including phenoxy) is 2. The first kappa shape index (κ1) is 22.6. The number of benzene rings is 1. The van der Waals surface area contributed by atoms with Crippen LogP contribution in [0.3, 0.4) is 0 Å². The number of methoxy groups -OCH3 is 1. The van der Waals surface area contributed by atoms with Crippen LogP contribution in [-0.4, -0.2) is 38.3 Å². The number of carbonyl (C=O) groups is 1. The van der Waals surface area contributed by atoms with Gasteiger partial charge in [-0.3, -0.25) is 9.36 Å². The molecule has 0 spiro atoms. The van der Waals surface area contributed by atoms with Gasteiger partial charge in [0.15, 0.2) is 10.7 Å². The van der Waals surface area contributed by atoms with E-state index in [1.54, 1.807) is 39.2 Å². The molecule has 8 nitrogen and oxygen atoms in total. The van der Waals surface area contributed by atoms with E-state index < -0.39 is 12.0 Å². The fourth-order valence-corrected chi connectivity index (χ4v) is 4.79. The van der Waals surface area contributed by atoms with Crippen molar-refractivity contribution in [2.24, 2.45) is 4.99 Å². The van der Waals surface area contributed by atoms with Gasteiger partial charge in [0.05, 0.1) is 29.5 Å². The molecule has 0 fully saturated rings.